The van der Waals surface area contributed by atoms with Crippen LogP contribution in [0, 0.1) is 11.7 Å². The third-order valence-corrected chi connectivity index (χ3v) is 11.7. The molecule has 5 amide bonds. The van der Waals surface area contributed by atoms with Crippen LogP contribution in [0.3, 0.4) is 0 Å². The molecule has 0 radical (unpaired) electrons. The zero-order valence-corrected chi connectivity index (χ0v) is 33.4. The number of methoxy groups -OCH3 is 1. The van der Waals surface area contributed by atoms with Crippen LogP contribution in [0.4, 0.5) is 14.0 Å². The molecule has 308 valence electrons. The van der Waals surface area contributed by atoms with Crippen molar-refractivity contribution >= 4 is 39.9 Å². The van der Waals surface area contributed by atoms with Crippen molar-refractivity contribution in [2.45, 2.75) is 114 Å². The summed E-state index contributed by atoms with van der Waals surface area (Å²) >= 11 is 0. The summed E-state index contributed by atoms with van der Waals surface area (Å²) in [6, 6.07) is 8.61. The molecule has 3 aliphatic heterocycles. The summed E-state index contributed by atoms with van der Waals surface area (Å²) in [5, 5.41) is 5.45. The van der Waals surface area contributed by atoms with Gasteiger partial charge in [0.05, 0.1) is 26.0 Å². The van der Waals surface area contributed by atoms with Crippen LogP contribution in [0.1, 0.15) is 82.4 Å². The van der Waals surface area contributed by atoms with E-state index in [1.165, 1.54) is 29.0 Å². The zero-order valence-electron chi connectivity index (χ0n) is 32.5. The predicted octanol–water partition coefficient (Wildman–Crippen LogP) is 4.19. The fraction of sp³-hybridized carbons (Fsp3) is 0.525. The normalized spacial score (nSPS) is 25.7. The molecule has 0 aromatic heterocycles. The molecule has 15 nitrogen and oxygen atoms in total. The lowest BCUT2D eigenvalue weighted by Gasteiger charge is -2.30. The Morgan fingerprint density at radius 3 is 2.56 bits per heavy atom. The monoisotopic (exact) mass is 811 g/mol. The molecule has 57 heavy (non-hydrogen) atoms. The van der Waals surface area contributed by atoms with Crippen LogP contribution >= 0.6 is 0 Å². The first kappa shape index (κ1) is 41.4. The fourth-order valence-corrected chi connectivity index (χ4v) is 8.75. The fourth-order valence-electron chi connectivity index (χ4n) is 7.59. The molecule has 2 aromatic rings. The highest BCUT2D eigenvalue weighted by molar-refractivity contribution is 7.89. The van der Waals surface area contributed by atoms with Gasteiger partial charge in [-0.15, -0.1) is 0 Å². The summed E-state index contributed by atoms with van der Waals surface area (Å²) in [6.07, 6.45) is 3.88. The van der Waals surface area contributed by atoms with Gasteiger partial charge in [-0.3, -0.25) is 24.0 Å². The molecule has 0 bridgehead atoms. The van der Waals surface area contributed by atoms with E-state index < -0.39 is 86.7 Å². The van der Waals surface area contributed by atoms with Crippen LogP contribution in [0.15, 0.2) is 54.6 Å². The van der Waals surface area contributed by atoms with Crippen LogP contribution in [0.25, 0.3) is 0 Å². The largest absolute Gasteiger partial charge is 0.497 e. The molecule has 5 atom stereocenters. The summed E-state index contributed by atoms with van der Waals surface area (Å²) < 4.78 is 59.7. The van der Waals surface area contributed by atoms with Crippen LogP contribution < -0.4 is 20.1 Å². The van der Waals surface area contributed by atoms with Gasteiger partial charge in [0.2, 0.25) is 21.8 Å². The maximum atomic E-state index is 14.5. The first-order chi connectivity index (χ1) is 27.0. The van der Waals surface area contributed by atoms with Crippen molar-refractivity contribution in [3.05, 3.63) is 77.1 Å². The molecule has 3 heterocycles. The molecule has 3 N–H and O–H groups in total. The average molecular weight is 812 g/mol. The number of rotatable bonds is 7. The molecule has 17 heteroatoms. The number of halogens is 1. The lowest BCUT2D eigenvalue weighted by atomic mass is 10.0. The number of carbonyl (C=O) groups is 5. The second-order valence-electron chi connectivity index (χ2n) is 16.1. The number of alkyl carbamates (subject to hydrolysis) is 1. The van der Waals surface area contributed by atoms with Crippen molar-refractivity contribution in [3.8, 4) is 5.75 Å². The van der Waals surface area contributed by atoms with E-state index in [4.69, 9.17) is 14.2 Å². The molecule has 1 saturated heterocycles. The minimum absolute atomic E-state index is 0.0186. The highest BCUT2D eigenvalue weighted by atomic mass is 32.2. The minimum Gasteiger partial charge on any atom is -0.497 e. The Balaban J connectivity index is 1.25. The molecule has 0 unspecified atom stereocenters. The molecule has 4 aliphatic rings. The van der Waals surface area contributed by atoms with Gasteiger partial charge >= 0.3 is 12.2 Å². The van der Waals surface area contributed by atoms with Crippen molar-refractivity contribution in [3.63, 3.8) is 0 Å². The smallest absolute Gasteiger partial charge is 0.410 e. The quantitative estimate of drug-likeness (QED) is 0.342. The van der Waals surface area contributed by atoms with Crippen molar-refractivity contribution < 1.29 is 51.0 Å². The van der Waals surface area contributed by atoms with Gasteiger partial charge in [-0.05, 0) is 75.8 Å². The van der Waals surface area contributed by atoms with Crippen molar-refractivity contribution in [1.82, 2.24) is 25.2 Å². The number of carbonyl (C=O) groups excluding carboxylic acids is 5. The molecule has 2 aromatic carbocycles. The Labute approximate surface area is 331 Å². The topological polar surface area (TPSA) is 190 Å². The van der Waals surface area contributed by atoms with Gasteiger partial charge in [-0.2, -0.15) is 0 Å². The predicted molar refractivity (Wildman–Crippen MR) is 204 cm³/mol. The molecule has 0 spiro atoms. The molecule has 1 aliphatic carbocycles. The molecular weight excluding hydrogens is 762 g/mol. The zero-order chi connectivity index (χ0) is 41.1. The van der Waals surface area contributed by atoms with Gasteiger partial charge in [0, 0.05) is 24.4 Å². The van der Waals surface area contributed by atoms with E-state index in [-0.39, 0.29) is 38.9 Å². The summed E-state index contributed by atoms with van der Waals surface area (Å²) in [5.41, 5.74) is -1.12. The number of hydrogen-bond acceptors (Lipinski definition) is 10. The van der Waals surface area contributed by atoms with Gasteiger partial charge in [-0.1, -0.05) is 49.3 Å². The first-order valence-corrected chi connectivity index (χ1v) is 20.8. The molecule has 6 rings (SSSR count). The summed E-state index contributed by atoms with van der Waals surface area (Å²) in [7, 11) is -2.80. The lowest BCUT2D eigenvalue weighted by Crippen LogP contribution is -2.58. The van der Waals surface area contributed by atoms with E-state index in [0.717, 1.165) is 6.42 Å². The van der Waals surface area contributed by atoms with Crippen molar-refractivity contribution in [1.29, 1.82) is 0 Å². The lowest BCUT2D eigenvalue weighted by molar-refractivity contribution is -0.141. The Bertz CT molecular complexity index is 2040. The van der Waals surface area contributed by atoms with Gasteiger partial charge in [0.1, 0.15) is 40.9 Å². The number of nitrogens with zero attached hydrogens (tertiary/aromatic N) is 2. The van der Waals surface area contributed by atoms with Crippen molar-refractivity contribution in [2.24, 2.45) is 5.92 Å². The highest BCUT2D eigenvalue weighted by Crippen LogP contribution is 2.46. The third kappa shape index (κ3) is 10.0. The number of nitrogens with one attached hydrogen (secondary N) is 3. The third-order valence-electron chi connectivity index (χ3n) is 10.5. The average Bonchev–Trinajstić information content (AvgIpc) is 3.42. The SMILES string of the molecule is COc1cccc(CS(=O)(=O)NC(=O)[C@@]23C[C@@H]2/C=C\CCCCC[C@H](NC(=O)OC(C)(C)C)C(=O)N2C[C@H](OC(=O)N4Cc5cccc(F)c5C4)C[C@H]2C(=O)N3)c1. The number of ether oxygens (including phenoxy) is 3. The van der Waals surface area contributed by atoms with E-state index in [2.05, 4.69) is 15.4 Å². The van der Waals surface area contributed by atoms with E-state index in [9.17, 15) is 36.8 Å². The molecular formula is C40H50FN5O10S. The van der Waals surface area contributed by atoms with Crippen LogP contribution in [0.2, 0.25) is 0 Å². The number of benzene rings is 2. The van der Waals surface area contributed by atoms with E-state index in [0.29, 0.717) is 41.7 Å². The van der Waals surface area contributed by atoms with Crippen molar-refractivity contribution in [2.75, 3.05) is 13.7 Å². The second kappa shape index (κ2) is 16.7. The van der Waals surface area contributed by atoms with Gasteiger partial charge in [0.15, 0.2) is 0 Å². The number of allylic oxidation sites excluding steroid dienone is 1. The number of sulfonamides is 1. The Morgan fingerprint density at radius 2 is 1.82 bits per heavy atom. The minimum atomic E-state index is -4.25. The number of amides is 5. The molecule has 2 fully saturated rings. The van der Waals surface area contributed by atoms with E-state index in [1.807, 2.05) is 6.08 Å². The molecule has 1 saturated carbocycles. The number of fused-ring (bicyclic) bond motifs is 3. The van der Waals surface area contributed by atoms with Gasteiger partial charge in [-0.25, -0.2) is 22.4 Å². The summed E-state index contributed by atoms with van der Waals surface area (Å²) in [4.78, 5) is 71.6. The highest BCUT2D eigenvalue weighted by Gasteiger charge is 2.61. The summed E-state index contributed by atoms with van der Waals surface area (Å²) in [5.74, 6) is -3.39. The number of hydrogen-bond donors (Lipinski definition) is 3. The summed E-state index contributed by atoms with van der Waals surface area (Å²) in [6.45, 7) is 4.93. The maximum absolute atomic E-state index is 14.5. The van der Waals surface area contributed by atoms with Crippen LogP contribution in [-0.4, -0.2) is 91.1 Å². The second-order valence-corrected chi connectivity index (χ2v) is 17.8. The Kier molecular flexibility index (Phi) is 12.2. The first-order valence-electron chi connectivity index (χ1n) is 19.2. The van der Waals surface area contributed by atoms with Crippen LogP contribution in [-0.2, 0) is 52.7 Å². The van der Waals surface area contributed by atoms with E-state index in [1.54, 1.807) is 57.2 Å². The maximum Gasteiger partial charge on any atom is 0.410 e. The standard InChI is InChI=1S/C40H50FN5O10S/c1-39(2,3)56-37(50)42-32-17-9-7-5-6-8-14-27-20-40(27,36(49)44-57(52,53)24-25-12-10-15-28(18-25)54-4)43-34(47)33-19-29(22-46(33)35(32)48)55-38(51)45-21-26-13-11-16-31(41)30(26)23-45/h8,10-16,18,27,29,32-33H,5-7,9,17,19-24H2,1-4H3,(H,42,50)(H,43,47)(H,44,49)/b14-8-/t27-,29+,32-,33-,40+/m0/s1. The Morgan fingerprint density at radius 1 is 1.05 bits per heavy atom. The van der Waals surface area contributed by atoms with Gasteiger partial charge < -0.3 is 29.7 Å². The van der Waals surface area contributed by atoms with E-state index >= 15 is 0 Å². The van der Waals surface area contributed by atoms with Gasteiger partial charge in [0.25, 0.3) is 5.91 Å². The Hall–Kier alpha value is -5.19. The van der Waals surface area contributed by atoms with Crippen LogP contribution in [0.5, 0.6) is 5.75 Å².